The molecular formula is C19H24N2O6. The van der Waals surface area contributed by atoms with Gasteiger partial charge in [-0.1, -0.05) is 36.4 Å². The van der Waals surface area contributed by atoms with Gasteiger partial charge in [0.1, 0.15) is 12.1 Å². The Bertz CT molecular complexity index is 687. The number of carboxylic acids is 1. The highest BCUT2D eigenvalue weighted by Gasteiger charge is 2.25. The molecule has 8 heteroatoms. The molecule has 2 amide bonds. The summed E-state index contributed by atoms with van der Waals surface area (Å²) in [4.78, 5) is 46.5. The Morgan fingerprint density at radius 3 is 2.33 bits per heavy atom. The van der Waals surface area contributed by atoms with Crippen molar-refractivity contribution in [2.45, 2.75) is 38.8 Å². The first kappa shape index (κ1) is 21.9. The zero-order valence-corrected chi connectivity index (χ0v) is 15.3. The molecule has 3 N–H and O–H groups in total. The number of carbonyl (C=O) groups excluding carboxylic acids is 3. The van der Waals surface area contributed by atoms with Crippen molar-refractivity contribution in [3.8, 4) is 0 Å². The summed E-state index contributed by atoms with van der Waals surface area (Å²) in [6, 6.07) is 6.89. The fourth-order valence-electron chi connectivity index (χ4n) is 2.29. The number of benzene rings is 1. The highest BCUT2D eigenvalue weighted by molar-refractivity contribution is 5.90. The molecule has 2 atom stereocenters. The van der Waals surface area contributed by atoms with Crippen LogP contribution in [0.25, 0.3) is 0 Å². The number of rotatable bonds is 10. The molecule has 0 bridgehead atoms. The Hall–Kier alpha value is -3.16. The van der Waals surface area contributed by atoms with Gasteiger partial charge in [0.2, 0.25) is 11.8 Å². The molecule has 0 spiro atoms. The van der Waals surface area contributed by atoms with E-state index in [0.29, 0.717) is 0 Å². The standard InChI is InChI=1S/C19H24N2O6/c1-3-27-17(23)11-7-10-15(19(25)26)21-18(24)16(20-13(2)22)12-14-8-5-4-6-9-14/h4-9,11,15-16H,3,10,12H2,1-2H3,(H,20,22)(H,21,24)(H,25,26)/b11-7+/t15-,16-/m0/s1. The van der Waals surface area contributed by atoms with Gasteiger partial charge in [-0.05, 0) is 18.9 Å². The molecular weight excluding hydrogens is 352 g/mol. The summed E-state index contributed by atoms with van der Waals surface area (Å²) in [6.45, 7) is 3.14. The summed E-state index contributed by atoms with van der Waals surface area (Å²) in [5.74, 6) is -2.86. The number of hydrogen-bond donors (Lipinski definition) is 3. The van der Waals surface area contributed by atoms with Crippen molar-refractivity contribution in [2.75, 3.05) is 6.61 Å². The van der Waals surface area contributed by atoms with E-state index in [1.54, 1.807) is 31.2 Å². The molecule has 0 aliphatic carbocycles. The summed E-state index contributed by atoms with van der Waals surface area (Å²) < 4.78 is 4.71. The molecule has 0 aliphatic rings. The van der Waals surface area contributed by atoms with Crippen LogP contribution >= 0.6 is 0 Å². The van der Waals surface area contributed by atoms with Crippen molar-refractivity contribution in [3.63, 3.8) is 0 Å². The third kappa shape index (κ3) is 8.66. The number of esters is 1. The minimum absolute atomic E-state index is 0.0992. The van der Waals surface area contributed by atoms with Crippen LogP contribution < -0.4 is 10.6 Å². The van der Waals surface area contributed by atoms with E-state index in [2.05, 4.69) is 10.6 Å². The van der Waals surface area contributed by atoms with Crippen molar-refractivity contribution in [1.82, 2.24) is 10.6 Å². The summed E-state index contributed by atoms with van der Waals surface area (Å²) in [6.07, 6.45) is 2.55. The lowest BCUT2D eigenvalue weighted by Gasteiger charge is -2.20. The van der Waals surface area contributed by atoms with Crippen LogP contribution in [0.15, 0.2) is 42.5 Å². The number of amides is 2. The maximum atomic E-state index is 12.5. The molecule has 27 heavy (non-hydrogen) atoms. The Labute approximate surface area is 157 Å². The first-order valence-corrected chi connectivity index (χ1v) is 8.51. The van der Waals surface area contributed by atoms with Crippen molar-refractivity contribution < 1.29 is 29.0 Å². The van der Waals surface area contributed by atoms with Gasteiger partial charge in [-0.25, -0.2) is 9.59 Å². The maximum absolute atomic E-state index is 12.5. The van der Waals surface area contributed by atoms with Crippen LogP contribution in [0.5, 0.6) is 0 Å². The van der Waals surface area contributed by atoms with Crippen molar-refractivity contribution in [1.29, 1.82) is 0 Å². The SMILES string of the molecule is CCOC(=O)/C=C/C[C@H](NC(=O)[C@H](Cc1ccccc1)NC(C)=O)C(=O)O. The number of carbonyl (C=O) groups is 4. The normalized spacial score (nSPS) is 12.8. The molecule has 0 radical (unpaired) electrons. The van der Waals surface area contributed by atoms with Crippen LogP contribution in [0.1, 0.15) is 25.8 Å². The smallest absolute Gasteiger partial charge is 0.330 e. The van der Waals surface area contributed by atoms with Crippen molar-refractivity contribution >= 4 is 23.8 Å². The third-order valence-corrected chi connectivity index (χ3v) is 3.50. The molecule has 0 aromatic heterocycles. The number of carboxylic acid groups (broad SMARTS) is 1. The molecule has 0 unspecified atom stereocenters. The molecule has 8 nitrogen and oxygen atoms in total. The largest absolute Gasteiger partial charge is 0.480 e. The van der Waals surface area contributed by atoms with E-state index in [9.17, 15) is 24.3 Å². The molecule has 0 heterocycles. The predicted octanol–water partition coefficient (Wildman–Crippen LogP) is 0.813. The van der Waals surface area contributed by atoms with Gasteiger partial charge in [-0.3, -0.25) is 9.59 Å². The Balaban J connectivity index is 2.77. The monoisotopic (exact) mass is 376 g/mol. The quantitative estimate of drug-likeness (QED) is 0.410. The number of ether oxygens (including phenoxy) is 1. The molecule has 0 saturated carbocycles. The Morgan fingerprint density at radius 1 is 1.11 bits per heavy atom. The van der Waals surface area contributed by atoms with Gasteiger partial charge < -0.3 is 20.5 Å². The second-order valence-corrected chi connectivity index (χ2v) is 5.73. The highest BCUT2D eigenvalue weighted by Crippen LogP contribution is 2.05. The summed E-state index contributed by atoms with van der Waals surface area (Å²) in [7, 11) is 0. The summed E-state index contributed by atoms with van der Waals surface area (Å²) >= 11 is 0. The van der Waals surface area contributed by atoms with E-state index in [1.807, 2.05) is 6.07 Å². The van der Waals surface area contributed by atoms with Gasteiger partial charge >= 0.3 is 11.9 Å². The van der Waals surface area contributed by atoms with Gasteiger partial charge in [0.05, 0.1) is 6.61 Å². The van der Waals surface area contributed by atoms with Gasteiger partial charge in [0.25, 0.3) is 0 Å². The second-order valence-electron chi connectivity index (χ2n) is 5.73. The van der Waals surface area contributed by atoms with Gasteiger partial charge in [-0.15, -0.1) is 0 Å². The molecule has 0 fully saturated rings. The van der Waals surface area contributed by atoms with Gasteiger partial charge in [-0.2, -0.15) is 0 Å². The average Bonchev–Trinajstić information content (AvgIpc) is 2.60. The molecule has 0 aliphatic heterocycles. The van der Waals surface area contributed by atoms with E-state index < -0.39 is 35.8 Å². The van der Waals surface area contributed by atoms with E-state index >= 15 is 0 Å². The molecule has 1 rings (SSSR count). The van der Waals surface area contributed by atoms with Crippen molar-refractivity contribution in [2.24, 2.45) is 0 Å². The fourth-order valence-corrected chi connectivity index (χ4v) is 2.29. The Morgan fingerprint density at radius 2 is 1.78 bits per heavy atom. The van der Waals surface area contributed by atoms with E-state index in [-0.39, 0.29) is 19.4 Å². The molecule has 146 valence electrons. The van der Waals surface area contributed by atoms with E-state index in [1.165, 1.54) is 13.0 Å². The van der Waals surface area contributed by atoms with Crippen LogP contribution in [-0.2, 0) is 30.3 Å². The van der Waals surface area contributed by atoms with E-state index in [0.717, 1.165) is 11.6 Å². The predicted molar refractivity (Wildman–Crippen MR) is 97.7 cm³/mol. The van der Waals surface area contributed by atoms with Crippen LogP contribution in [0, 0.1) is 0 Å². The summed E-state index contributed by atoms with van der Waals surface area (Å²) in [5.41, 5.74) is 0.820. The first-order chi connectivity index (χ1) is 12.8. The number of aliphatic carboxylic acids is 1. The average molecular weight is 376 g/mol. The van der Waals surface area contributed by atoms with Crippen LogP contribution in [0.4, 0.5) is 0 Å². The van der Waals surface area contributed by atoms with Gasteiger partial charge in [0.15, 0.2) is 0 Å². The van der Waals surface area contributed by atoms with Crippen LogP contribution in [0.3, 0.4) is 0 Å². The minimum Gasteiger partial charge on any atom is -0.480 e. The first-order valence-electron chi connectivity index (χ1n) is 8.51. The lowest BCUT2D eigenvalue weighted by molar-refractivity contribution is -0.142. The third-order valence-electron chi connectivity index (χ3n) is 3.50. The lowest BCUT2D eigenvalue weighted by atomic mass is 10.0. The molecule has 1 aromatic rings. The summed E-state index contributed by atoms with van der Waals surface area (Å²) in [5, 5.41) is 14.2. The zero-order chi connectivity index (χ0) is 20.2. The van der Waals surface area contributed by atoms with Crippen molar-refractivity contribution in [3.05, 3.63) is 48.0 Å². The van der Waals surface area contributed by atoms with E-state index in [4.69, 9.17) is 4.74 Å². The molecule has 0 saturated heterocycles. The Kier molecular flexibility index (Phi) is 9.28. The fraction of sp³-hybridized carbons (Fsp3) is 0.368. The maximum Gasteiger partial charge on any atom is 0.330 e. The zero-order valence-electron chi connectivity index (χ0n) is 15.3. The second kappa shape index (κ2) is 11.5. The topological polar surface area (TPSA) is 122 Å². The van der Waals surface area contributed by atoms with Crippen LogP contribution in [-0.4, -0.2) is 47.6 Å². The molecule has 1 aromatic carbocycles. The van der Waals surface area contributed by atoms with Crippen LogP contribution in [0.2, 0.25) is 0 Å². The highest BCUT2D eigenvalue weighted by atomic mass is 16.5. The lowest BCUT2D eigenvalue weighted by Crippen LogP contribution is -2.52. The number of hydrogen-bond acceptors (Lipinski definition) is 5. The van der Waals surface area contributed by atoms with Gasteiger partial charge in [0, 0.05) is 19.4 Å². The minimum atomic E-state index is -1.25. The number of nitrogens with one attached hydrogen (secondary N) is 2.